The smallest absolute Gasteiger partial charge is 0.185 e. The van der Waals surface area contributed by atoms with E-state index in [-0.39, 0.29) is 10.5 Å². The van der Waals surface area contributed by atoms with Crippen LogP contribution in [-0.2, 0) is 4.79 Å². The Morgan fingerprint density at radius 3 is 3.07 bits per heavy atom. The summed E-state index contributed by atoms with van der Waals surface area (Å²) in [7, 11) is 0. The third-order valence-corrected chi connectivity index (χ3v) is 2.53. The molecule has 0 aliphatic heterocycles. The fourth-order valence-electron chi connectivity index (χ4n) is 1.04. The van der Waals surface area contributed by atoms with E-state index in [1.807, 2.05) is 12.2 Å². The molecule has 1 aromatic heterocycles. The molecular weight excluding hydrogens is 210 g/mol. The highest BCUT2D eigenvalue weighted by molar-refractivity contribution is 8.13. The molecule has 0 amide bonds. The van der Waals surface area contributed by atoms with E-state index in [4.69, 9.17) is 0 Å². The summed E-state index contributed by atoms with van der Waals surface area (Å²) in [5, 5.41) is 0.136. The molecule has 1 rings (SSSR count). The number of aromatic nitrogens is 1. The minimum absolute atomic E-state index is 0.00786. The summed E-state index contributed by atoms with van der Waals surface area (Å²) in [6.45, 7) is 1.56. The number of carbonyl (C=O) groups is 1. The van der Waals surface area contributed by atoms with Crippen LogP contribution < -0.4 is 5.43 Å². The number of aromatic amines is 1. The molecule has 0 bridgehead atoms. The van der Waals surface area contributed by atoms with E-state index in [0.717, 1.165) is 17.9 Å². The van der Waals surface area contributed by atoms with Gasteiger partial charge in [0.2, 0.25) is 0 Å². The van der Waals surface area contributed by atoms with Crippen molar-refractivity contribution in [1.82, 2.24) is 4.98 Å². The van der Waals surface area contributed by atoms with Crippen molar-refractivity contribution in [3.05, 3.63) is 40.3 Å². The normalized spacial score (nSPS) is 10.7. The number of carbonyl (C=O) groups excluding carboxylic acids is 1. The van der Waals surface area contributed by atoms with Gasteiger partial charge >= 0.3 is 0 Å². The number of pyridine rings is 1. The SMILES string of the molecule is CC(=O)SCCC=Cc1cc(=O)cc[nH]1. The maximum absolute atomic E-state index is 11.0. The number of allylic oxidation sites excluding steroid dienone is 1. The Morgan fingerprint density at radius 1 is 1.60 bits per heavy atom. The molecule has 0 saturated carbocycles. The molecule has 0 aromatic carbocycles. The Hall–Kier alpha value is -1.29. The predicted molar refractivity (Wildman–Crippen MR) is 63.9 cm³/mol. The van der Waals surface area contributed by atoms with Crippen LogP contribution in [0.4, 0.5) is 0 Å². The van der Waals surface area contributed by atoms with Crippen LogP contribution in [0.5, 0.6) is 0 Å². The second kappa shape index (κ2) is 6.24. The summed E-state index contributed by atoms with van der Waals surface area (Å²) in [5.41, 5.74) is 0.779. The number of H-pyrrole nitrogens is 1. The largest absolute Gasteiger partial charge is 0.361 e. The molecule has 1 aromatic rings. The lowest BCUT2D eigenvalue weighted by atomic mass is 10.3. The number of nitrogens with one attached hydrogen (secondary N) is 1. The van der Waals surface area contributed by atoms with Gasteiger partial charge in [-0.2, -0.15) is 0 Å². The zero-order valence-corrected chi connectivity index (χ0v) is 9.34. The molecule has 0 spiro atoms. The van der Waals surface area contributed by atoms with E-state index in [1.54, 1.807) is 13.1 Å². The summed E-state index contributed by atoms with van der Waals surface area (Å²) in [5.74, 6) is 0.781. The average Bonchev–Trinajstić information content (AvgIpc) is 2.17. The molecule has 1 N–H and O–H groups in total. The number of hydrogen-bond donors (Lipinski definition) is 1. The second-order valence-corrected chi connectivity index (χ2v) is 4.28. The van der Waals surface area contributed by atoms with Crippen LogP contribution in [-0.4, -0.2) is 15.9 Å². The van der Waals surface area contributed by atoms with E-state index >= 15 is 0 Å². The Morgan fingerprint density at radius 2 is 2.40 bits per heavy atom. The highest BCUT2D eigenvalue weighted by Gasteiger charge is 1.91. The Kier molecular flexibility index (Phi) is 4.90. The van der Waals surface area contributed by atoms with Crippen LogP contribution in [0.1, 0.15) is 19.0 Å². The van der Waals surface area contributed by atoms with Crippen molar-refractivity contribution in [3.8, 4) is 0 Å². The summed E-state index contributed by atoms with van der Waals surface area (Å²) in [4.78, 5) is 24.5. The van der Waals surface area contributed by atoms with Crippen molar-refractivity contribution in [1.29, 1.82) is 0 Å². The van der Waals surface area contributed by atoms with Gasteiger partial charge in [-0.1, -0.05) is 17.8 Å². The number of hydrogen-bond acceptors (Lipinski definition) is 3. The minimum Gasteiger partial charge on any atom is -0.361 e. The number of thioether (sulfide) groups is 1. The first-order valence-electron chi connectivity index (χ1n) is 4.67. The maximum Gasteiger partial charge on any atom is 0.185 e. The summed E-state index contributed by atoms with van der Waals surface area (Å²) >= 11 is 1.31. The van der Waals surface area contributed by atoms with Crippen molar-refractivity contribution in [2.24, 2.45) is 0 Å². The molecule has 1 heterocycles. The van der Waals surface area contributed by atoms with Gasteiger partial charge in [0.25, 0.3) is 0 Å². The highest BCUT2D eigenvalue weighted by Crippen LogP contribution is 2.04. The van der Waals surface area contributed by atoms with Crippen molar-refractivity contribution < 1.29 is 4.79 Å². The molecule has 3 nitrogen and oxygen atoms in total. The Bertz CT molecular complexity index is 409. The van der Waals surface area contributed by atoms with Gasteiger partial charge in [-0.25, -0.2) is 0 Å². The van der Waals surface area contributed by atoms with Crippen LogP contribution in [0.3, 0.4) is 0 Å². The molecule has 0 radical (unpaired) electrons. The zero-order chi connectivity index (χ0) is 11.1. The van der Waals surface area contributed by atoms with Crippen LogP contribution in [0.15, 0.2) is 29.2 Å². The molecule has 15 heavy (non-hydrogen) atoms. The predicted octanol–water partition coefficient (Wildman–Crippen LogP) is 2.06. The molecule has 0 aliphatic rings. The van der Waals surface area contributed by atoms with Gasteiger partial charge in [-0.3, -0.25) is 9.59 Å². The fourth-order valence-corrected chi connectivity index (χ4v) is 1.58. The molecule has 0 aliphatic carbocycles. The van der Waals surface area contributed by atoms with E-state index in [9.17, 15) is 9.59 Å². The fraction of sp³-hybridized carbons (Fsp3) is 0.273. The van der Waals surface area contributed by atoms with Gasteiger partial charge in [0.05, 0.1) is 0 Å². The van der Waals surface area contributed by atoms with Crippen LogP contribution in [0.25, 0.3) is 6.08 Å². The second-order valence-electron chi connectivity index (χ2n) is 3.01. The molecular formula is C11H13NO2S. The van der Waals surface area contributed by atoms with Crippen molar-refractivity contribution in [2.45, 2.75) is 13.3 Å². The maximum atomic E-state index is 11.0. The Balaban J connectivity index is 2.38. The van der Waals surface area contributed by atoms with E-state index < -0.39 is 0 Å². The molecule has 0 fully saturated rings. The third kappa shape index (κ3) is 5.22. The highest BCUT2D eigenvalue weighted by atomic mass is 32.2. The van der Waals surface area contributed by atoms with Crippen molar-refractivity contribution in [3.63, 3.8) is 0 Å². The van der Waals surface area contributed by atoms with Crippen molar-refractivity contribution >= 4 is 23.0 Å². The van der Waals surface area contributed by atoms with Crippen LogP contribution >= 0.6 is 11.8 Å². The zero-order valence-electron chi connectivity index (χ0n) is 8.53. The third-order valence-electron chi connectivity index (χ3n) is 1.68. The summed E-state index contributed by atoms with van der Waals surface area (Å²) in [6, 6.07) is 3.01. The quantitative estimate of drug-likeness (QED) is 0.795. The van der Waals surface area contributed by atoms with Gasteiger partial charge in [0.15, 0.2) is 10.5 Å². The monoisotopic (exact) mass is 223 g/mol. The van der Waals surface area contributed by atoms with E-state index in [0.29, 0.717) is 0 Å². The standard InChI is InChI=1S/C11H13NO2S/c1-9(13)15-7-3-2-4-10-8-11(14)5-6-12-10/h2,4-6,8H,3,7H2,1H3,(H,12,14). The summed E-state index contributed by atoms with van der Waals surface area (Å²) in [6.07, 6.45) is 6.23. The molecule has 0 saturated heterocycles. The van der Waals surface area contributed by atoms with Crippen LogP contribution in [0, 0.1) is 0 Å². The van der Waals surface area contributed by atoms with Crippen molar-refractivity contribution in [2.75, 3.05) is 5.75 Å². The van der Waals surface area contributed by atoms with Gasteiger partial charge < -0.3 is 4.98 Å². The molecule has 0 atom stereocenters. The molecule has 80 valence electrons. The van der Waals surface area contributed by atoms with Crippen LogP contribution in [0.2, 0.25) is 0 Å². The number of rotatable bonds is 4. The topological polar surface area (TPSA) is 49.9 Å². The van der Waals surface area contributed by atoms with Gasteiger partial charge in [-0.05, 0) is 12.5 Å². The van der Waals surface area contributed by atoms with Gasteiger partial charge in [0.1, 0.15) is 0 Å². The van der Waals surface area contributed by atoms with Gasteiger partial charge in [-0.15, -0.1) is 0 Å². The first kappa shape index (κ1) is 11.8. The Labute approximate surface area is 92.6 Å². The first-order chi connectivity index (χ1) is 7.18. The van der Waals surface area contributed by atoms with Gasteiger partial charge in [0, 0.05) is 36.7 Å². The minimum atomic E-state index is -0.00786. The van der Waals surface area contributed by atoms with E-state index in [2.05, 4.69) is 4.98 Å². The lowest BCUT2D eigenvalue weighted by Gasteiger charge is -1.93. The lowest BCUT2D eigenvalue weighted by Crippen LogP contribution is -1.97. The molecule has 4 heteroatoms. The lowest BCUT2D eigenvalue weighted by molar-refractivity contribution is -0.109. The van der Waals surface area contributed by atoms with E-state index in [1.165, 1.54) is 23.9 Å². The first-order valence-corrected chi connectivity index (χ1v) is 5.65. The average molecular weight is 223 g/mol. The molecule has 0 unspecified atom stereocenters. The summed E-state index contributed by atoms with van der Waals surface area (Å²) < 4.78 is 0.